The number of hydrogen-bond donors (Lipinski definition) is 1. The Balaban J connectivity index is 1.84. The summed E-state index contributed by atoms with van der Waals surface area (Å²) in [5.41, 5.74) is 0.977. The maximum Gasteiger partial charge on any atom is 0.0897 e. The largest absolute Gasteiger partial charge is 0.387 e. The van der Waals surface area contributed by atoms with Crippen LogP contribution in [-0.2, 0) is 0 Å². The quantitative estimate of drug-likeness (QED) is 0.839. The van der Waals surface area contributed by atoms with E-state index >= 15 is 0 Å². The summed E-state index contributed by atoms with van der Waals surface area (Å²) < 4.78 is 0. The number of nitrogens with zero attached hydrogens (tertiary/aromatic N) is 1. The molecule has 1 aromatic rings. The monoisotopic (exact) mass is 219 g/mol. The summed E-state index contributed by atoms with van der Waals surface area (Å²) in [5, 5.41) is 9.93. The standard InChI is InChI=1S/C14H21NO/c1-3-14(16)10-15(11-14)9-12(2)13-7-5-4-6-8-13/h4-8,12,16H,3,9-11H2,1-2H3. The Bertz CT molecular complexity index is 330. The van der Waals surface area contributed by atoms with Crippen LogP contribution in [0, 0.1) is 0 Å². The highest BCUT2D eigenvalue weighted by Crippen LogP contribution is 2.27. The van der Waals surface area contributed by atoms with Crippen molar-refractivity contribution in [2.45, 2.75) is 31.8 Å². The third-order valence-electron chi connectivity index (χ3n) is 3.59. The third kappa shape index (κ3) is 2.45. The fourth-order valence-electron chi connectivity index (χ4n) is 2.41. The molecule has 1 unspecified atom stereocenters. The van der Waals surface area contributed by atoms with Crippen LogP contribution in [0.4, 0.5) is 0 Å². The number of aliphatic hydroxyl groups is 1. The van der Waals surface area contributed by atoms with Gasteiger partial charge in [-0.25, -0.2) is 0 Å². The Morgan fingerprint density at radius 1 is 1.31 bits per heavy atom. The minimum absolute atomic E-state index is 0.406. The van der Waals surface area contributed by atoms with Crippen molar-refractivity contribution in [3.8, 4) is 0 Å². The lowest BCUT2D eigenvalue weighted by molar-refractivity contribution is -0.101. The molecule has 1 N–H and O–H groups in total. The van der Waals surface area contributed by atoms with Crippen LogP contribution in [0.25, 0.3) is 0 Å². The summed E-state index contributed by atoms with van der Waals surface area (Å²) >= 11 is 0. The highest BCUT2D eigenvalue weighted by molar-refractivity contribution is 5.19. The van der Waals surface area contributed by atoms with Crippen LogP contribution < -0.4 is 0 Å². The predicted octanol–water partition coefficient (Wildman–Crippen LogP) is 2.25. The zero-order valence-corrected chi connectivity index (χ0v) is 10.2. The van der Waals surface area contributed by atoms with Gasteiger partial charge in [0.25, 0.3) is 0 Å². The van der Waals surface area contributed by atoms with Crippen molar-refractivity contribution < 1.29 is 5.11 Å². The molecule has 0 spiro atoms. The van der Waals surface area contributed by atoms with Crippen molar-refractivity contribution >= 4 is 0 Å². The van der Waals surface area contributed by atoms with Crippen LogP contribution >= 0.6 is 0 Å². The number of hydrogen-bond acceptors (Lipinski definition) is 2. The molecule has 1 aliphatic heterocycles. The maximum atomic E-state index is 9.93. The molecular weight excluding hydrogens is 198 g/mol. The first-order chi connectivity index (χ1) is 7.63. The van der Waals surface area contributed by atoms with Gasteiger partial charge in [0.05, 0.1) is 5.60 Å². The third-order valence-corrected chi connectivity index (χ3v) is 3.59. The SMILES string of the molecule is CCC1(O)CN(CC(C)c2ccccc2)C1. The molecule has 1 fully saturated rings. The van der Waals surface area contributed by atoms with Gasteiger partial charge in [0.1, 0.15) is 0 Å². The van der Waals surface area contributed by atoms with Crippen molar-refractivity contribution in [1.29, 1.82) is 0 Å². The van der Waals surface area contributed by atoms with E-state index in [0.29, 0.717) is 5.92 Å². The average molecular weight is 219 g/mol. The van der Waals surface area contributed by atoms with E-state index in [1.165, 1.54) is 5.56 Å². The number of likely N-dealkylation sites (tertiary alicyclic amines) is 1. The molecule has 1 atom stereocenters. The van der Waals surface area contributed by atoms with E-state index in [9.17, 15) is 5.11 Å². The van der Waals surface area contributed by atoms with Gasteiger partial charge in [-0.15, -0.1) is 0 Å². The second kappa shape index (κ2) is 4.56. The van der Waals surface area contributed by atoms with Crippen molar-refractivity contribution in [3.63, 3.8) is 0 Å². The van der Waals surface area contributed by atoms with Gasteiger partial charge in [-0.2, -0.15) is 0 Å². The summed E-state index contributed by atoms with van der Waals surface area (Å²) in [7, 11) is 0. The van der Waals surface area contributed by atoms with E-state index in [1.54, 1.807) is 0 Å². The van der Waals surface area contributed by atoms with Crippen molar-refractivity contribution in [1.82, 2.24) is 4.90 Å². The normalized spacial score (nSPS) is 21.4. The van der Waals surface area contributed by atoms with Gasteiger partial charge < -0.3 is 5.11 Å². The van der Waals surface area contributed by atoms with Crippen LogP contribution in [0.2, 0.25) is 0 Å². The molecule has 88 valence electrons. The Kier molecular flexibility index (Phi) is 3.31. The highest BCUT2D eigenvalue weighted by Gasteiger charge is 2.39. The molecule has 1 heterocycles. The Hall–Kier alpha value is -0.860. The van der Waals surface area contributed by atoms with E-state index in [2.05, 4.69) is 49.1 Å². The van der Waals surface area contributed by atoms with E-state index < -0.39 is 5.60 Å². The van der Waals surface area contributed by atoms with E-state index in [-0.39, 0.29) is 0 Å². The molecule has 16 heavy (non-hydrogen) atoms. The fraction of sp³-hybridized carbons (Fsp3) is 0.571. The predicted molar refractivity (Wildman–Crippen MR) is 66.5 cm³/mol. The van der Waals surface area contributed by atoms with Gasteiger partial charge in [-0.3, -0.25) is 4.90 Å². The van der Waals surface area contributed by atoms with Crippen LogP contribution in [0.5, 0.6) is 0 Å². The molecule has 2 nitrogen and oxygen atoms in total. The van der Waals surface area contributed by atoms with Gasteiger partial charge in [0.15, 0.2) is 0 Å². The average Bonchev–Trinajstić information content (AvgIpc) is 2.28. The van der Waals surface area contributed by atoms with Crippen molar-refractivity contribution in [2.75, 3.05) is 19.6 Å². The molecule has 0 aliphatic carbocycles. The summed E-state index contributed by atoms with van der Waals surface area (Å²) in [5.74, 6) is 0.544. The molecular formula is C14H21NO. The zero-order chi connectivity index (χ0) is 11.6. The molecule has 1 aliphatic rings. The van der Waals surface area contributed by atoms with Crippen molar-refractivity contribution in [3.05, 3.63) is 35.9 Å². The van der Waals surface area contributed by atoms with Gasteiger partial charge in [-0.1, -0.05) is 44.2 Å². The summed E-state index contributed by atoms with van der Waals surface area (Å²) in [4.78, 5) is 2.33. The smallest absolute Gasteiger partial charge is 0.0897 e. The Morgan fingerprint density at radius 3 is 2.50 bits per heavy atom. The lowest BCUT2D eigenvalue weighted by Gasteiger charge is -2.47. The number of β-amino-alcohol motifs (C(OH)–C–C–N with tert-alkyl or cyclic N) is 1. The first-order valence-corrected chi connectivity index (χ1v) is 6.13. The molecule has 0 bridgehead atoms. The van der Waals surface area contributed by atoms with E-state index in [1.807, 2.05) is 0 Å². The van der Waals surface area contributed by atoms with Crippen LogP contribution in [0.3, 0.4) is 0 Å². The highest BCUT2D eigenvalue weighted by atomic mass is 16.3. The second-order valence-electron chi connectivity index (χ2n) is 5.06. The topological polar surface area (TPSA) is 23.5 Å². The van der Waals surface area contributed by atoms with Crippen LogP contribution in [0.15, 0.2) is 30.3 Å². The summed E-state index contributed by atoms with van der Waals surface area (Å²) in [6.07, 6.45) is 0.864. The molecule has 0 radical (unpaired) electrons. The Morgan fingerprint density at radius 2 is 1.94 bits per heavy atom. The van der Waals surface area contributed by atoms with E-state index in [0.717, 1.165) is 26.1 Å². The molecule has 2 rings (SSSR count). The first-order valence-electron chi connectivity index (χ1n) is 6.13. The molecule has 0 saturated carbocycles. The minimum Gasteiger partial charge on any atom is -0.387 e. The fourth-order valence-corrected chi connectivity index (χ4v) is 2.41. The number of benzene rings is 1. The first kappa shape index (κ1) is 11.6. The maximum absolute atomic E-state index is 9.93. The van der Waals surface area contributed by atoms with Crippen LogP contribution in [0.1, 0.15) is 31.7 Å². The van der Waals surface area contributed by atoms with Gasteiger partial charge in [0.2, 0.25) is 0 Å². The van der Waals surface area contributed by atoms with Crippen LogP contribution in [-0.4, -0.2) is 35.2 Å². The summed E-state index contributed by atoms with van der Waals surface area (Å²) in [6.45, 7) is 7.02. The number of rotatable bonds is 4. The lowest BCUT2D eigenvalue weighted by atomic mass is 9.89. The Labute approximate surface area is 97.9 Å². The summed E-state index contributed by atoms with van der Waals surface area (Å²) in [6, 6.07) is 10.6. The lowest BCUT2D eigenvalue weighted by Crippen LogP contribution is -2.61. The molecule has 0 amide bonds. The van der Waals surface area contributed by atoms with Gasteiger partial charge in [-0.05, 0) is 17.9 Å². The van der Waals surface area contributed by atoms with Gasteiger partial charge >= 0.3 is 0 Å². The molecule has 1 aromatic carbocycles. The molecule has 0 aromatic heterocycles. The van der Waals surface area contributed by atoms with Crippen molar-refractivity contribution in [2.24, 2.45) is 0 Å². The minimum atomic E-state index is -0.406. The van der Waals surface area contributed by atoms with Gasteiger partial charge in [0, 0.05) is 19.6 Å². The van der Waals surface area contributed by atoms with E-state index in [4.69, 9.17) is 0 Å². The molecule has 2 heteroatoms. The zero-order valence-electron chi connectivity index (χ0n) is 10.2. The second-order valence-corrected chi connectivity index (χ2v) is 5.06. The molecule has 1 saturated heterocycles.